The maximum absolute atomic E-state index is 14.5. The van der Waals surface area contributed by atoms with Crippen molar-refractivity contribution >= 4 is 39.1 Å². The van der Waals surface area contributed by atoms with E-state index in [1.54, 1.807) is 29.5 Å². The number of carbonyl (C=O) groups excluding carboxylic acids is 1. The first-order chi connectivity index (χ1) is 13.0. The lowest BCUT2D eigenvalue weighted by atomic mass is 9.89. The van der Waals surface area contributed by atoms with Crippen LogP contribution >= 0.6 is 23.1 Å². The number of halogens is 1. The molecule has 0 bridgehead atoms. The summed E-state index contributed by atoms with van der Waals surface area (Å²) in [6.07, 6.45) is 2.84. The van der Waals surface area contributed by atoms with Crippen molar-refractivity contribution in [2.45, 2.75) is 38.3 Å². The minimum absolute atomic E-state index is 0.0197. The number of aromatic nitrogens is 2. The Balaban J connectivity index is 1.99. The second-order valence-electron chi connectivity index (χ2n) is 7.01. The minimum Gasteiger partial charge on any atom is -0.299 e. The first-order valence-electron chi connectivity index (χ1n) is 8.90. The summed E-state index contributed by atoms with van der Waals surface area (Å²) >= 11 is 2.73. The third-order valence-corrected chi connectivity index (χ3v) is 7.03. The number of carbonyl (C=O) groups is 1. The van der Waals surface area contributed by atoms with Crippen LogP contribution in [0.3, 0.4) is 0 Å². The fourth-order valence-corrected chi connectivity index (χ4v) is 5.71. The van der Waals surface area contributed by atoms with Crippen LogP contribution in [0.4, 0.5) is 4.39 Å². The minimum atomic E-state index is -0.483. The summed E-state index contributed by atoms with van der Waals surface area (Å²) in [5.74, 6) is 0.275. The number of rotatable bonds is 4. The van der Waals surface area contributed by atoms with Gasteiger partial charge in [0.05, 0.1) is 16.8 Å². The zero-order valence-electron chi connectivity index (χ0n) is 15.1. The van der Waals surface area contributed by atoms with E-state index in [0.717, 1.165) is 24.8 Å². The Kier molecular flexibility index (Phi) is 4.90. The number of fused-ring (bicyclic) bond motifs is 3. The third-order valence-electron chi connectivity index (χ3n) is 4.80. The molecule has 0 amide bonds. The fourth-order valence-electron chi connectivity index (χ4n) is 3.48. The molecular formula is C20H19FN2O2S2. The first-order valence-corrected chi connectivity index (χ1v) is 10.7. The molecule has 2 aromatic heterocycles. The number of Topliss-reactive ketones (excluding diaryl/α,β-unsaturated/α-hetero) is 1. The molecule has 1 unspecified atom stereocenters. The molecule has 4 rings (SSSR count). The number of ketones is 1. The lowest BCUT2D eigenvalue weighted by Crippen LogP contribution is -2.23. The van der Waals surface area contributed by atoms with Crippen LogP contribution in [0.15, 0.2) is 34.2 Å². The number of hydrogen-bond acceptors (Lipinski definition) is 5. The highest BCUT2D eigenvalue weighted by molar-refractivity contribution is 7.99. The van der Waals surface area contributed by atoms with Gasteiger partial charge in [-0.05, 0) is 49.8 Å². The van der Waals surface area contributed by atoms with Crippen LogP contribution in [0, 0.1) is 11.7 Å². The highest BCUT2D eigenvalue weighted by Crippen LogP contribution is 2.37. The zero-order valence-corrected chi connectivity index (χ0v) is 16.8. The molecule has 27 heavy (non-hydrogen) atoms. The molecule has 0 fully saturated rings. The molecule has 0 radical (unpaired) electrons. The van der Waals surface area contributed by atoms with E-state index in [1.807, 2.05) is 0 Å². The SMILES string of the molecule is CC(=O)CSc1nc2sc3c(c2c(=O)n1-c1ccccc1F)CCC(C)C3. The summed E-state index contributed by atoms with van der Waals surface area (Å²) in [6, 6.07) is 6.18. The van der Waals surface area contributed by atoms with Crippen molar-refractivity contribution in [2.24, 2.45) is 5.92 Å². The topological polar surface area (TPSA) is 52.0 Å². The standard InChI is InChI=1S/C20H19FN2O2S2/c1-11-7-8-13-16(9-11)27-18-17(13)19(25)23(15-6-4-3-5-14(15)21)20(22-18)26-10-12(2)24/h3-6,11H,7-10H2,1-2H3. The maximum Gasteiger partial charge on any atom is 0.267 e. The Morgan fingerprint density at radius 2 is 2.19 bits per heavy atom. The van der Waals surface area contributed by atoms with E-state index in [2.05, 4.69) is 11.9 Å². The Morgan fingerprint density at radius 1 is 1.41 bits per heavy atom. The summed E-state index contributed by atoms with van der Waals surface area (Å²) in [4.78, 5) is 31.5. The number of thiophene rings is 1. The van der Waals surface area contributed by atoms with Gasteiger partial charge in [-0.15, -0.1) is 11.3 Å². The van der Waals surface area contributed by atoms with Crippen LogP contribution in [0.25, 0.3) is 15.9 Å². The van der Waals surface area contributed by atoms with E-state index >= 15 is 0 Å². The van der Waals surface area contributed by atoms with Crippen LogP contribution < -0.4 is 5.56 Å². The summed E-state index contributed by atoms with van der Waals surface area (Å²) in [5, 5.41) is 0.969. The van der Waals surface area contributed by atoms with Gasteiger partial charge in [0, 0.05) is 4.88 Å². The Bertz CT molecular complexity index is 1100. The largest absolute Gasteiger partial charge is 0.299 e. The summed E-state index contributed by atoms with van der Waals surface area (Å²) in [7, 11) is 0. The van der Waals surface area contributed by atoms with Crippen LogP contribution in [0.1, 0.15) is 30.7 Å². The normalized spacial score (nSPS) is 16.5. The smallest absolute Gasteiger partial charge is 0.267 e. The monoisotopic (exact) mass is 402 g/mol. The van der Waals surface area contributed by atoms with Gasteiger partial charge in [-0.1, -0.05) is 30.8 Å². The molecule has 0 aliphatic heterocycles. The molecule has 0 spiro atoms. The summed E-state index contributed by atoms with van der Waals surface area (Å²) in [6.45, 7) is 3.70. The van der Waals surface area contributed by atoms with Crippen molar-refractivity contribution in [3.05, 3.63) is 50.9 Å². The maximum atomic E-state index is 14.5. The number of aryl methyl sites for hydroxylation is 1. The van der Waals surface area contributed by atoms with Gasteiger partial charge in [0.2, 0.25) is 0 Å². The van der Waals surface area contributed by atoms with Crippen molar-refractivity contribution in [1.29, 1.82) is 0 Å². The van der Waals surface area contributed by atoms with Gasteiger partial charge in [-0.25, -0.2) is 9.37 Å². The number of benzene rings is 1. The van der Waals surface area contributed by atoms with Crippen LogP contribution in [-0.4, -0.2) is 21.1 Å². The lowest BCUT2D eigenvalue weighted by molar-refractivity contribution is -0.114. The van der Waals surface area contributed by atoms with Crippen molar-refractivity contribution in [2.75, 3.05) is 5.75 Å². The zero-order chi connectivity index (χ0) is 19.1. The highest BCUT2D eigenvalue weighted by atomic mass is 32.2. The van der Waals surface area contributed by atoms with Gasteiger partial charge in [-0.2, -0.15) is 0 Å². The highest BCUT2D eigenvalue weighted by Gasteiger charge is 2.25. The molecule has 0 saturated carbocycles. The quantitative estimate of drug-likeness (QED) is 0.480. The van der Waals surface area contributed by atoms with Crippen LogP contribution in [-0.2, 0) is 17.6 Å². The Morgan fingerprint density at radius 3 is 2.93 bits per heavy atom. The van der Waals surface area contributed by atoms with Gasteiger partial charge in [0.1, 0.15) is 16.4 Å². The van der Waals surface area contributed by atoms with Crippen molar-refractivity contribution < 1.29 is 9.18 Å². The summed E-state index contributed by atoms with van der Waals surface area (Å²) < 4.78 is 15.8. The Hall–Kier alpha value is -1.99. The van der Waals surface area contributed by atoms with E-state index in [-0.39, 0.29) is 22.8 Å². The third kappa shape index (κ3) is 3.34. The summed E-state index contributed by atoms with van der Waals surface area (Å²) in [5.41, 5.74) is 0.995. The lowest BCUT2D eigenvalue weighted by Gasteiger charge is -2.18. The van der Waals surface area contributed by atoms with E-state index in [4.69, 9.17) is 0 Å². The molecule has 140 valence electrons. The molecule has 1 aliphatic carbocycles. The second-order valence-corrected chi connectivity index (χ2v) is 9.04. The fraction of sp³-hybridized carbons (Fsp3) is 0.350. The average molecular weight is 403 g/mol. The van der Waals surface area contributed by atoms with E-state index in [1.165, 1.54) is 34.2 Å². The van der Waals surface area contributed by atoms with E-state index in [0.29, 0.717) is 21.3 Å². The van der Waals surface area contributed by atoms with Crippen molar-refractivity contribution in [1.82, 2.24) is 9.55 Å². The predicted molar refractivity (Wildman–Crippen MR) is 108 cm³/mol. The molecule has 4 nitrogen and oxygen atoms in total. The van der Waals surface area contributed by atoms with Crippen molar-refractivity contribution in [3.8, 4) is 5.69 Å². The number of hydrogen-bond donors (Lipinski definition) is 0. The van der Waals surface area contributed by atoms with Gasteiger partial charge >= 0.3 is 0 Å². The van der Waals surface area contributed by atoms with Crippen LogP contribution in [0.2, 0.25) is 0 Å². The second kappa shape index (κ2) is 7.20. The molecule has 3 aromatic rings. The molecule has 1 aromatic carbocycles. The van der Waals surface area contributed by atoms with Gasteiger partial charge in [0.25, 0.3) is 5.56 Å². The number of nitrogens with zero attached hydrogens (tertiary/aromatic N) is 2. The van der Waals surface area contributed by atoms with Crippen molar-refractivity contribution in [3.63, 3.8) is 0 Å². The van der Waals surface area contributed by atoms with Gasteiger partial charge in [-0.3, -0.25) is 14.2 Å². The molecule has 7 heteroatoms. The Labute approximate surface area is 164 Å². The molecule has 1 atom stereocenters. The average Bonchev–Trinajstić information content (AvgIpc) is 2.98. The first kappa shape index (κ1) is 18.4. The molecule has 0 N–H and O–H groups in total. The molecular weight excluding hydrogens is 383 g/mol. The molecule has 1 aliphatic rings. The number of thioether (sulfide) groups is 1. The van der Waals surface area contributed by atoms with E-state index < -0.39 is 5.82 Å². The molecule has 2 heterocycles. The van der Waals surface area contributed by atoms with Gasteiger partial charge in [0.15, 0.2) is 5.16 Å². The van der Waals surface area contributed by atoms with Gasteiger partial charge < -0.3 is 0 Å². The van der Waals surface area contributed by atoms with E-state index in [9.17, 15) is 14.0 Å². The molecule has 0 saturated heterocycles. The van der Waals surface area contributed by atoms with Crippen LogP contribution in [0.5, 0.6) is 0 Å². The predicted octanol–water partition coefficient (Wildman–Crippen LogP) is 4.39. The number of para-hydroxylation sites is 1.